The van der Waals surface area contributed by atoms with E-state index < -0.39 is 0 Å². The molecule has 0 radical (unpaired) electrons. The lowest BCUT2D eigenvalue weighted by Gasteiger charge is -2.09. The fraction of sp³-hybridized carbons (Fsp3) is 0.826. The quantitative estimate of drug-likeness (QED) is 0.0721. The first kappa shape index (κ1) is 35.8. The molecule has 0 rings (SSSR count). The van der Waals surface area contributed by atoms with Crippen LogP contribution < -0.4 is 16.0 Å². The van der Waals surface area contributed by atoms with Gasteiger partial charge in [0.05, 0.1) is 72.7 Å². The molecule has 0 aromatic carbocycles. The Morgan fingerprint density at radius 2 is 0.789 bits per heavy atom. The van der Waals surface area contributed by atoms with Crippen molar-refractivity contribution in [1.82, 2.24) is 16.0 Å². The lowest BCUT2D eigenvalue weighted by atomic mass is 10.5. The number of amides is 3. The number of ether oxygens (including phenoxy) is 7. The third kappa shape index (κ3) is 28.3. The molecule has 0 unspecified atom stereocenters. The van der Waals surface area contributed by atoms with Crippen molar-refractivity contribution in [3.63, 3.8) is 0 Å². The third-order valence-electron chi connectivity index (χ3n) is 4.06. The standard InChI is InChI=1S/C23H43N3O12/c1-20(28)16-36-13-10-32-6-3-25-22(30)18-38-15-12-34-8-4-26-23(31)19-37-14-11-33-7-2-24-21(29)17-35-9-5-27/h27H,2-19H2,1H3,(H,24,29)(H,25,30)(H,26,31). The Hall–Kier alpha value is -2.24. The number of Topliss-reactive ketones (excluding diaryl/α,β-unsaturated/α-hetero) is 1. The van der Waals surface area contributed by atoms with Crippen molar-refractivity contribution in [2.45, 2.75) is 6.92 Å². The zero-order valence-corrected chi connectivity index (χ0v) is 22.2. The van der Waals surface area contributed by atoms with Crippen molar-refractivity contribution >= 4 is 23.5 Å². The number of hydrogen-bond acceptors (Lipinski definition) is 12. The normalized spacial score (nSPS) is 10.8. The van der Waals surface area contributed by atoms with Gasteiger partial charge in [-0.1, -0.05) is 0 Å². The first-order valence-electron chi connectivity index (χ1n) is 12.4. The van der Waals surface area contributed by atoms with Crippen LogP contribution in [0.2, 0.25) is 0 Å². The van der Waals surface area contributed by atoms with Gasteiger partial charge in [0, 0.05) is 19.6 Å². The van der Waals surface area contributed by atoms with Crippen LogP contribution in [-0.4, -0.2) is 147 Å². The number of rotatable bonds is 28. The minimum atomic E-state index is -0.293. The van der Waals surface area contributed by atoms with E-state index in [2.05, 4.69) is 16.0 Å². The van der Waals surface area contributed by atoms with Crippen LogP contribution in [0.1, 0.15) is 6.92 Å². The molecule has 0 saturated carbocycles. The molecule has 0 bridgehead atoms. The molecule has 0 aliphatic rings. The van der Waals surface area contributed by atoms with Gasteiger partial charge in [-0.3, -0.25) is 19.2 Å². The Bertz CT molecular complexity index is 624. The van der Waals surface area contributed by atoms with Crippen LogP contribution in [0.4, 0.5) is 0 Å². The molecule has 0 aliphatic carbocycles. The third-order valence-corrected chi connectivity index (χ3v) is 4.06. The van der Waals surface area contributed by atoms with Crippen LogP contribution >= 0.6 is 0 Å². The first-order valence-corrected chi connectivity index (χ1v) is 12.4. The summed E-state index contributed by atoms with van der Waals surface area (Å²) < 4.78 is 36.2. The molecule has 0 spiro atoms. The number of carbonyl (C=O) groups excluding carboxylic acids is 4. The van der Waals surface area contributed by atoms with Crippen molar-refractivity contribution in [1.29, 1.82) is 0 Å². The zero-order chi connectivity index (χ0) is 28.1. The molecule has 0 aromatic heterocycles. The van der Waals surface area contributed by atoms with Crippen molar-refractivity contribution < 1.29 is 57.4 Å². The molecule has 15 nitrogen and oxygen atoms in total. The fourth-order valence-electron chi connectivity index (χ4n) is 2.38. The smallest absolute Gasteiger partial charge is 0.246 e. The molecule has 0 atom stereocenters. The predicted molar refractivity (Wildman–Crippen MR) is 133 cm³/mol. The second-order valence-corrected chi connectivity index (χ2v) is 7.52. The molecule has 0 fully saturated rings. The second-order valence-electron chi connectivity index (χ2n) is 7.52. The average molecular weight is 554 g/mol. The van der Waals surface area contributed by atoms with Gasteiger partial charge < -0.3 is 54.2 Å². The maximum Gasteiger partial charge on any atom is 0.246 e. The molecule has 0 aromatic rings. The maximum absolute atomic E-state index is 11.7. The van der Waals surface area contributed by atoms with E-state index in [1.807, 2.05) is 0 Å². The first-order chi connectivity index (χ1) is 18.5. The van der Waals surface area contributed by atoms with Gasteiger partial charge in [-0.2, -0.15) is 0 Å². The van der Waals surface area contributed by atoms with E-state index in [0.29, 0.717) is 46.1 Å². The summed E-state index contributed by atoms with van der Waals surface area (Å²) in [6.07, 6.45) is 0. The summed E-state index contributed by atoms with van der Waals surface area (Å²) in [5.74, 6) is -0.898. The van der Waals surface area contributed by atoms with E-state index in [9.17, 15) is 19.2 Å². The maximum atomic E-state index is 11.7. The minimum absolute atomic E-state index is 0.0453. The monoisotopic (exact) mass is 553 g/mol. The van der Waals surface area contributed by atoms with Crippen LogP contribution in [0, 0.1) is 0 Å². The lowest BCUT2D eigenvalue weighted by Crippen LogP contribution is -2.32. The molecule has 15 heteroatoms. The van der Waals surface area contributed by atoms with Gasteiger partial charge in [0.15, 0.2) is 5.78 Å². The van der Waals surface area contributed by atoms with E-state index in [0.717, 1.165) is 0 Å². The van der Waals surface area contributed by atoms with Crippen molar-refractivity contribution in [3.05, 3.63) is 0 Å². The van der Waals surface area contributed by atoms with Crippen LogP contribution in [0.15, 0.2) is 0 Å². The summed E-state index contributed by atoms with van der Waals surface area (Å²) in [5, 5.41) is 16.4. The summed E-state index contributed by atoms with van der Waals surface area (Å²) in [6.45, 7) is 4.70. The van der Waals surface area contributed by atoms with Gasteiger partial charge in [0.2, 0.25) is 17.7 Å². The van der Waals surface area contributed by atoms with Crippen molar-refractivity contribution in [3.8, 4) is 0 Å². The second kappa shape index (κ2) is 27.8. The van der Waals surface area contributed by atoms with Gasteiger partial charge in [0.25, 0.3) is 0 Å². The lowest BCUT2D eigenvalue weighted by molar-refractivity contribution is -0.128. The van der Waals surface area contributed by atoms with Gasteiger partial charge in [-0.15, -0.1) is 0 Å². The topological polar surface area (TPSA) is 189 Å². The molecular weight excluding hydrogens is 510 g/mol. The summed E-state index contributed by atoms with van der Waals surface area (Å²) >= 11 is 0. The van der Waals surface area contributed by atoms with Gasteiger partial charge in [-0.25, -0.2) is 0 Å². The van der Waals surface area contributed by atoms with Crippen LogP contribution in [0.25, 0.3) is 0 Å². The number of carbonyl (C=O) groups is 4. The highest BCUT2D eigenvalue weighted by Gasteiger charge is 2.03. The molecular formula is C23H43N3O12. The highest BCUT2D eigenvalue weighted by Crippen LogP contribution is 1.83. The summed E-state index contributed by atoms with van der Waals surface area (Å²) in [7, 11) is 0. The van der Waals surface area contributed by atoms with Gasteiger partial charge in [0.1, 0.15) is 26.4 Å². The Morgan fingerprint density at radius 1 is 0.474 bits per heavy atom. The van der Waals surface area contributed by atoms with Crippen molar-refractivity contribution in [2.75, 3.05) is 119 Å². The Labute approximate surface area is 223 Å². The van der Waals surface area contributed by atoms with Gasteiger partial charge in [-0.05, 0) is 6.92 Å². The summed E-state index contributed by atoms with van der Waals surface area (Å²) in [5.41, 5.74) is 0. The van der Waals surface area contributed by atoms with E-state index in [1.54, 1.807) is 0 Å². The highest BCUT2D eigenvalue weighted by atomic mass is 16.5. The van der Waals surface area contributed by atoms with E-state index >= 15 is 0 Å². The van der Waals surface area contributed by atoms with Crippen LogP contribution in [0.5, 0.6) is 0 Å². The fourth-order valence-corrected chi connectivity index (χ4v) is 2.38. The summed E-state index contributed by atoms with van der Waals surface area (Å²) in [4.78, 5) is 45.3. The average Bonchev–Trinajstić information content (AvgIpc) is 2.88. The number of hydrogen-bond donors (Lipinski definition) is 4. The molecule has 4 N–H and O–H groups in total. The number of nitrogens with one attached hydrogen (secondary N) is 3. The Morgan fingerprint density at radius 3 is 1.13 bits per heavy atom. The molecule has 38 heavy (non-hydrogen) atoms. The van der Waals surface area contributed by atoms with E-state index in [1.165, 1.54) is 6.92 Å². The zero-order valence-electron chi connectivity index (χ0n) is 22.2. The minimum Gasteiger partial charge on any atom is -0.394 e. The molecule has 0 heterocycles. The molecule has 222 valence electrons. The molecule has 0 saturated heterocycles. The Balaban J connectivity index is 3.32. The number of ketones is 1. The SMILES string of the molecule is CC(=O)COCCOCCNC(=O)COCCOCCNC(=O)COCCOCCNC(=O)COCCO. The number of aliphatic hydroxyl groups excluding tert-OH is 1. The largest absolute Gasteiger partial charge is 0.394 e. The molecule has 0 aliphatic heterocycles. The van der Waals surface area contributed by atoms with Crippen molar-refractivity contribution in [2.24, 2.45) is 0 Å². The van der Waals surface area contributed by atoms with Crippen LogP contribution in [0.3, 0.4) is 0 Å². The van der Waals surface area contributed by atoms with E-state index in [-0.39, 0.29) is 96.2 Å². The highest BCUT2D eigenvalue weighted by molar-refractivity contribution is 5.78. The Kier molecular flexibility index (Phi) is 26.1. The van der Waals surface area contributed by atoms with E-state index in [4.69, 9.17) is 38.3 Å². The summed E-state index contributed by atoms with van der Waals surface area (Å²) in [6, 6.07) is 0. The molecule has 3 amide bonds. The predicted octanol–water partition coefficient (Wildman–Crippen LogP) is -2.97. The van der Waals surface area contributed by atoms with Gasteiger partial charge >= 0.3 is 0 Å². The number of aliphatic hydroxyl groups is 1. The van der Waals surface area contributed by atoms with Crippen LogP contribution in [-0.2, 0) is 52.3 Å².